The van der Waals surface area contributed by atoms with Crippen molar-refractivity contribution in [2.45, 2.75) is 57.3 Å². The normalized spacial score (nSPS) is 16.6. The fourth-order valence-electron chi connectivity index (χ4n) is 6.73. The number of benzene rings is 2. The molecule has 6 rings (SSSR count). The minimum absolute atomic E-state index is 0.0290. The Balaban J connectivity index is 1.20. The summed E-state index contributed by atoms with van der Waals surface area (Å²) >= 11 is 13.8. The van der Waals surface area contributed by atoms with Crippen LogP contribution in [0.25, 0.3) is 22.4 Å². The number of carbonyl (C=O) groups is 2. The van der Waals surface area contributed by atoms with Gasteiger partial charge in [-0.15, -0.1) is 0 Å². The molecule has 0 unspecified atom stereocenters. The van der Waals surface area contributed by atoms with Gasteiger partial charge in [-0.2, -0.15) is 4.98 Å². The van der Waals surface area contributed by atoms with E-state index in [0.29, 0.717) is 60.1 Å². The van der Waals surface area contributed by atoms with Crippen LogP contribution in [0, 0.1) is 0 Å². The summed E-state index contributed by atoms with van der Waals surface area (Å²) in [4.78, 5) is 33.8. The summed E-state index contributed by atoms with van der Waals surface area (Å²) in [6.07, 6.45) is 2.65. The standard InChI is InChI=1S/C38H41Cl2N5O6/c1-45(17-16-34(47)48)21-23-18-30(39)38(44-37(23)50-3)51-32-14-12-26-25(6-4-7-27(26)32)28-8-5-9-29(35(28)40)31-13-10-22(36(43-31)49-2)19-41-20-24-11-15-33(46)42-24/h4-10,13,18,24,32,41H,11-12,14-17,19-21H2,1-3H3,(H,42,46)(H,47,48)/t24-,32-/m0/s1. The summed E-state index contributed by atoms with van der Waals surface area (Å²) in [6, 6.07) is 17.9. The third kappa shape index (κ3) is 8.39. The number of pyridine rings is 2. The van der Waals surface area contributed by atoms with Gasteiger partial charge in [0.05, 0.1) is 31.4 Å². The van der Waals surface area contributed by atoms with E-state index in [0.717, 1.165) is 58.2 Å². The van der Waals surface area contributed by atoms with Gasteiger partial charge in [0.15, 0.2) is 0 Å². The molecule has 268 valence electrons. The van der Waals surface area contributed by atoms with Crippen molar-refractivity contribution in [3.05, 3.63) is 86.9 Å². The highest BCUT2D eigenvalue weighted by Gasteiger charge is 2.29. The van der Waals surface area contributed by atoms with Crippen LogP contribution in [0.3, 0.4) is 0 Å². The summed E-state index contributed by atoms with van der Waals surface area (Å²) in [5.41, 5.74) is 7.24. The number of carboxylic acids is 1. The Kier molecular flexibility index (Phi) is 11.6. The maximum Gasteiger partial charge on any atom is 0.304 e. The van der Waals surface area contributed by atoms with Crippen LogP contribution < -0.4 is 24.8 Å². The van der Waals surface area contributed by atoms with E-state index in [1.807, 2.05) is 48.3 Å². The molecule has 3 N–H and O–H groups in total. The van der Waals surface area contributed by atoms with Crippen molar-refractivity contribution in [3.63, 3.8) is 0 Å². The Hall–Kier alpha value is -4.42. The zero-order valence-electron chi connectivity index (χ0n) is 28.8. The van der Waals surface area contributed by atoms with Gasteiger partial charge in [-0.1, -0.05) is 65.7 Å². The van der Waals surface area contributed by atoms with E-state index in [2.05, 4.69) is 27.8 Å². The van der Waals surface area contributed by atoms with E-state index in [9.17, 15) is 9.59 Å². The first-order valence-electron chi connectivity index (χ1n) is 16.9. The van der Waals surface area contributed by atoms with Crippen LogP contribution >= 0.6 is 23.2 Å². The van der Waals surface area contributed by atoms with Crippen molar-refractivity contribution < 1.29 is 28.9 Å². The molecule has 2 atom stereocenters. The van der Waals surface area contributed by atoms with Crippen molar-refractivity contribution in [2.75, 3.05) is 34.4 Å². The number of carboxylic acid groups (broad SMARTS) is 1. The Morgan fingerprint density at radius 3 is 2.45 bits per heavy atom. The fraction of sp³-hybridized carbons (Fsp3) is 0.368. The van der Waals surface area contributed by atoms with Crippen LogP contribution in [0.5, 0.6) is 17.6 Å². The third-order valence-electron chi connectivity index (χ3n) is 9.28. The average Bonchev–Trinajstić information content (AvgIpc) is 3.74. The Morgan fingerprint density at radius 2 is 1.71 bits per heavy atom. The highest BCUT2D eigenvalue weighted by Crippen LogP contribution is 2.44. The molecule has 1 amide bonds. The third-order valence-corrected chi connectivity index (χ3v) is 9.96. The monoisotopic (exact) mass is 733 g/mol. The zero-order chi connectivity index (χ0) is 36.1. The quantitative estimate of drug-likeness (QED) is 0.125. The van der Waals surface area contributed by atoms with E-state index >= 15 is 0 Å². The minimum Gasteiger partial charge on any atom is -0.481 e. The van der Waals surface area contributed by atoms with Crippen LogP contribution in [0.4, 0.5) is 0 Å². The highest BCUT2D eigenvalue weighted by molar-refractivity contribution is 6.36. The van der Waals surface area contributed by atoms with Crippen molar-refractivity contribution in [1.82, 2.24) is 25.5 Å². The molecule has 0 radical (unpaired) electrons. The Bertz CT molecular complexity index is 1920. The second-order valence-electron chi connectivity index (χ2n) is 12.8. The molecule has 0 saturated carbocycles. The molecular weight excluding hydrogens is 693 g/mol. The molecule has 11 nitrogen and oxygen atoms in total. The van der Waals surface area contributed by atoms with Gasteiger partial charge in [-0.25, -0.2) is 4.98 Å². The SMILES string of the molecule is COc1nc(-c2cccc(-c3cccc4c3CC[C@@H]4Oc3nc(OC)c(CN(C)CCC(=O)O)cc3Cl)c2Cl)ccc1CNC[C@@H]1CCC(=O)N1. The first kappa shape index (κ1) is 36.4. The Morgan fingerprint density at radius 1 is 0.961 bits per heavy atom. The molecule has 1 aliphatic carbocycles. The number of hydrogen-bond donors (Lipinski definition) is 3. The first-order valence-corrected chi connectivity index (χ1v) is 17.7. The summed E-state index contributed by atoms with van der Waals surface area (Å²) in [7, 11) is 4.97. The number of ether oxygens (including phenoxy) is 3. The van der Waals surface area contributed by atoms with Crippen molar-refractivity contribution in [1.29, 1.82) is 0 Å². The van der Waals surface area contributed by atoms with Crippen LogP contribution in [0.1, 0.15) is 54.0 Å². The topological polar surface area (TPSA) is 135 Å². The van der Waals surface area contributed by atoms with E-state index in [1.165, 1.54) is 7.11 Å². The number of nitrogens with one attached hydrogen (secondary N) is 2. The van der Waals surface area contributed by atoms with Crippen LogP contribution in [0.2, 0.25) is 10.0 Å². The van der Waals surface area contributed by atoms with Crippen LogP contribution in [-0.4, -0.2) is 72.2 Å². The summed E-state index contributed by atoms with van der Waals surface area (Å²) < 4.78 is 17.7. The smallest absolute Gasteiger partial charge is 0.304 e. The van der Waals surface area contributed by atoms with E-state index in [-0.39, 0.29) is 30.4 Å². The van der Waals surface area contributed by atoms with Gasteiger partial charge in [0.25, 0.3) is 0 Å². The van der Waals surface area contributed by atoms with Crippen LogP contribution in [-0.2, 0) is 29.1 Å². The van der Waals surface area contributed by atoms with Gasteiger partial charge in [0.1, 0.15) is 11.1 Å². The van der Waals surface area contributed by atoms with Crippen LogP contribution in [0.15, 0.2) is 54.6 Å². The fourth-order valence-corrected chi connectivity index (χ4v) is 7.27. The predicted molar refractivity (Wildman–Crippen MR) is 196 cm³/mol. The van der Waals surface area contributed by atoms with E-state index in [1.54, 1.807) is 13.2 Å². The molecule has 2 aromatic heterocycles. The zero-order valence-corrected chi connectivity index (χ0v) is 30.3. The average molecular weight is 735 g/mol. The number of aromatic nitrogens is 2. The lowest BCUT2D eigenvalue weighted by Gasteiger charge is -2.20. The number of halogens is 2. The lowest BCUT2D eigenvalue weighted by atomic mass is 9.94. The molecule has 3 heterocycles. The van der Waals surface area contributed by atoms with Gasteiger partial charge >= 0.3 is 5.97 Å². The predicted octanol–water partition coefficient (Wildman–Crippen LogP) is 6.48. The lowest BCUT2D eigenvalue weighted by Crippen LogP contribution is -2.35. The molecule has 4 aromatic rings. The maximum atomic E-state index is 11.5. The number of methoxy groups -OCH3 is 2. The van der Waals surface area contributed by atoms with E-state index in [4.69, 9.17) is 47.5 Å². The number of nitrogens with zero attached hydrogens (tertiary/aromatic N) is 3. The molecular formula is C38H41Cl2N5O6. The molecule has 51 heavy (non-hydrogen) atoms. The molecule has 0 spiro atoms. The molecule has 1 aliphatic heterocycles. The minimum atomic E-state index is -0.857. The van der Waals surface area contributed by atoms with Gasteiger partial charge in [-0.3, -0.25) is 9.59 Å². The van der Waals surface area contributed by atoms with Gasteiger partial charge in [0, 0.05) is 60.9 Å². The van der Waals surface area contributed by atoms with Crippen molar-refractivity contribution in [3.8, 4) is 40.0 Å². The summed E-state index contributed by atoms with van der Waals surface area (Å²) in [5, 5.41) is 16.3. The Labute approximate surface area is 307 Å². The summed E-state index contributed by atoms with van der Waals surface area (Å²) in [6.45, 7) is 2.03. The van der Waals surface area contributed by atoms with E-state index < -0.39 is 5.97 Å². The van der Waals surface area contributed by atoms with Crippen molar-refractivity contribution >= 4 is 35.1 Å². The second kappa shape index (κ2) is 16.3. The molecule has 1 fully saturated rings. The number of hydrogen-bond acceptors (Lipinski definition) is 9. The maximum absolute atomic E-state index is 11.5. The molecule has 2 aliphatic rings. The molecule has 13 heteroatoms. The van der Waals surface area contributed by atoms with Gasteiger partial charge < -0.3 is 34.9 Å². The molecule has 2 aromatic carbocycles. The molecule has 1 saturated heterocycles. The number of aliphatic carboxylic acids is 1. The number of carbonyl (C=O) groups excluding carboxylic acids is 1. The number of rotatable bonds is 15. The van der Waals surface area contributed by atoms with Gasteiger partial charge in [-0.05, 0) is 55.1 Å². The largest absolute Gasteiger partial charge is 0.481 e. The summed E-state index contributed by atoms with van der Waals surface area (Å²) in [5.74, 6) is 0.406. The van der Waals surface area contributed by atoms with Crippen molar-refractivity contribution in [2.24, 2.45) is 0 Å². The first-order chi connectivity index (χ1) is 24.6. The lowest BCUT2D eigenvalue weighted by molar-refractivity contribution is -0.137. The highest BCUT2D eigenvalue weighted by atomic mass is 35.5. The molecule has 0 bridgehead atoms. The van der Waals surface area contributed by atoms with Gasteiger partial charge in [0.2, 0.25) is 23.5 Å². The second-order valence-corrected chi connectivity index (χ2v) is 13.6. The number of fused-ring (bicyclic) bond motifs is 1. The number of amides is 1.